The maximum absolute atomic E-state index is 14.0. The Morgan fingerprint density at radius 2 is 1.77 bits per heavy atom. The largest absolute Gasteiger partial charge is 0.464 e. The summed E-state index contributed by atoms with van der Waals surface area (Å²) in [5.74, 6) is 0.0505. The summed E-state index contributed by atoms with van der Waals surface area (Å²) in [6, 6.07) is 20.0. The second kappa shape index (κ2) is 10.8. The first kappa shape index (κ1) is 28.0. The molecule has 5 rings (SSSR count). The Morgan fingerprint density at radius 1 is 1.05 bits per heavy atom. The zero-order chi connectivity index (χ0) is 28.7. The van der Waals surface area contributed by atoms with E-state index in [1.807, 2.05) is 82.1 Å². The number of piperidine rings is 1. The van der Waals surface area contributed by atoms with Crippen molar-refractivity contribution in [2.45, 2.75) is 64.0 Å². The fourth-order valence-corrected chi connectivity index (χ4v) is 6.03. The van der Waals surface area contributed by atoms with E-state index in [4.69, 9.17) is 20.8 Å². The van der Waals surface area contributed by atoms with E-state index < -0.39 is 11.0 Å². The van der Waals surface area contributed by atoms with E-state index >= 15 is 0 Å². The summed E-state index contributed by atoms with van der Waals surface area (Å²) in [4.78, 5) is 30.4. The predicted molar refractivity (Wildman–Crippen MR) is 160 cm³/mol. The Balaban J connectivity index is 1.42. The zero-order valence-corrected chi connectivity index (χ0v) is 24.6. The average Bonchev–Trinajstić information content (AvgIpc) is 3.39. The predicted octanol–water partition coefficient (Wildman–Crippen LogP) is 8.12. The first-order valence-electron chi connectivity index (χ1n) is 13.9. The molecule has 1 aliphatic heterocycles. The highest BCUT2D eigenvalue weighted by atomic mass is 35.5. The monoisotopic (exact) mass is 560 g/mol. The highest BCUT2D eigenvalue weighted by molar-refractivity contribution is 6.31. The second-order valence-electron chi connectivity index (χ2n) is 12.0. The summed E-state index contributed by atoms with van der Waals surface area (Å²) in [5.41, 5.74) is 1.94. The van der Waals surface area contributed by atoms with Gasteiger partial charge in [-0.25, -0.2) is 4.79 Å². The number of carbonyl (C=O) groups is 2. The first-order valence-corrected chi connectivity index (χ1v) is 14.2. The molecule has 0 bridgehead atoms. The van der Waals surface area contributed by atoms with Crippen LogP contribution in [0.1, 0.15) is 64.1 Å². The molecule has 7 heteroatoms. The maximum Gasteiger partial charge on any atom is 0.410 e. The number of hydrogen-bond donors (Lipinski definition) is 0. The molecular formula is C33H37ClN2O4. The van der Waals surface area contributed by atoms with Crippen LogP contribution in [-0.4, -0.2) is 47.5 Å². The van der Waals surface area contributed by atoms with Crippen LogP contribution in [0.2, 0.25) is 5.02 Å². The van der Waals surface area contributed by atoms with Crippen LogP contribution in [0.4, 0.5) is 4.79 Å². The number of furan rings is 1. The van der Waals surface area contributed by atoms with Gasteiger partial charge >= 0.3 is 6.09 Å². The maximum atomic E-state index is 14.0. The van der Waals surface area contributed by atoms with Crippen molar-refractivity contribution >= 4 is 45.3 Å². The molecule has 0 spiro atoms. The van der Waals surface area contributed by atoms with Crippen LogP contribution in [0.5, 0.6) is 0 Å². The Morgan fingerprint density at radius 3 is 2.50 bits per heavy atom. The van der Waals surface area contributed by atoms with Crippen LogP contribution in [0.15, 0.2) is 71.3 Å². The molecule has 1 fully saturated rings. The Hall–Kier alpha value is -3.51. The molecule has 0 saturated carbocycles. The lowest BCUT2D eigenvalue weighted by Gasteiger charge is -2.43. The molecule has 1 aliphatic rings. The fourth-order valence-electron chi connectivity index (χ4n) is 5.79. The molecule has 210 valence electrons. The molecule has 0 aliphatic carbocycles. The minimum Gasteiger partial charge on any atom is -0.464 e. The Bertz CT molecular complexity index is 1550. The molecule has 1 aromatic heterocycles. The van der Waals surface area contributed by atoms with Gasteiger partial charge in [-0.05, 0) is 92.8 Å². The number of ether oxygens (including phenoxy) is 1. The third kappa shape index (κ3) is 5.68. The van der Waals surface area contributed by atoms with E-state index in [-0.39, 0.29) is 18.0 Å². The SMILES string of the molecule is CC(c1cc(Cl)cc2ccccc12)N(C)C(=O)CC1(c2ccc3occc3c2)CCN(C(=O)OC(C)(C)C)CC1. The lowest BCUT2D eigenvalue weighted by atomic mass is 9.70. The summed E-state index contributed by atoms with van der Waals surface area (Å²) >= 11 is 6.47. The van der Waals surface area contributed by atoms with Crippen LogP contribution in [0, 0.1) is 0 Å². The Labute approximate surface area is 240 Å². The van der Waals surface area contributed by atoms with E-state index in [0.29, 0.717) is 37.4 Å². The van der Waals surface area contributed by atoms with Gasteiger partial charge in [0.15, 0.2) is 0 Å². The van der Waals surface area contributed by atoms with E-state index in [1.54, 1.807) is 11.2 Å². The number of halogens is 1. The summed E-state index contributed by atoms with van der Waals surface area (Å²) < 4.78 is 11.2. The van der Waals surface area contributed by atoms with E-state index in [2.05, 4.69) is 18.2 Å². The summed E-state index contributed by atoms with van der Waals surface area (Å²) in [6.45, 7) is 8.70. The molecule has 0 N–H and O–H groups in total. The molecular weight excluding hydrogens is 524 g/mol. The molecule has 0 radical (unpaired) electrons. The van der Waals surface area contributed by atoms with E-state index in [9.17, 15) is 9.59 Å². The molecule has 3 aromatic carbocycles. The molecule has 1 atom stereocenters. The molecule has 2 heterocycles. The number of fused-ring (bicyclic) bond motifs is 2. The van der Waals surface area contributed by atoms with Crippen molar-refractivity contribution in [2.75, 3.05) is 20.1 Å². The van der Waals surface area contributed by atoms with Crippen LogP contribution >= 0.6 is 11.6 Å². The number of amides is 2. The van der Waals surface area contributed by atoms with Gasteiger partial charge < -0.3 is 19.0 Å². The van der Waals surface area contributed by atoms with Crippen molar-refractivity contribution in [2.24, 2.45) is 0 Å². The molecule has 1 unspecified atom stereocenters. The van der Waals surface area contributed by atoms with Crippen molar-refractivity contribution in [1.82, 2.24) is 9.80 Å². The number of rotatable bonds is 5. The molecule has 40 heavy (non-hydrogen) atoms. The van der Waals surface area contributed by atoms with Crippen LogP contribution in [-0.2, 0) is 14.9 Å². The fraction of sp³-hybridized carbons (Fsp3) is 0.394. The molecule has 2 amide bonds. The number of likely N-dealkylation sites (tertiary alicyclic amines) is 1. The van der Waals surface area contributed by atoms with Crippen molar-refractivity contribution in [3.63, 3.8) is 0 Å². The van der Waals surface area contributed by atoms with E-state index in [1.165, 1.54) is 0 Å². The van der Waals surface area contributed by atoms with Crippen molar-refractivity contribution in [3.05, 3.63) is 83.1 Å². The van der Waals surface area contributed by atoms with Crippen molar-refractivity contribution < 1.29 is 18.7 Å². The third-order valence-electron chi connectivity index (χ3n) is 8.21. The van der Waals surface area contributed by atoms with Crippen LogP contribution in [0.25, 0.3) is 21.7 Å². The highest BCUT2D eigenvalue weighted by Crippen LogP contribution is 2.42. The topological polar surface area (TPSA) is 63.0 Å². The van der Waals surface area contributed by atoms with Crippen LogP contribution < -0.4 is 0 Å². The molecule has 4 aromatic rings. The second-order valence-corrected chi connectivity index (χ2v) is 12.4. The van der Waals surface area contributed by atoms with Gasteiger partial charge in [0.1, 0.15) is 11.2 Å². The zero-order valence-electron chi connectivity index (χ0n) is 23.9. The van der Waals surface area contributed by atoms with Crippen LogP contribution in [0.3, 0.4) is 0 Å². The van der Waals surface area contributed by atoms with E-state index in [0.717, 1.165) is 32.9 Å². The third-order valence-corrected chi connectivity index (χ3v) is 8.43. The van der Waals surface area contributed by atoms with Gasteiger partial charge in [-0.2, -0.15) is 0 Å². The standard InChI is InChI=1S/C33H37ClN2O4/c1-22(28-20-26(34)19-23-8-6-7-9-27(23)28)35(5)30(37)21-33(25-10-11-29-24(18-25)12-17-39-29)13-15-36(16-14-33)31(38)40-32(2,3)4/h6-12,17-20,22H,13-16,21H2,1-5H3. The number of benzene rings is 3. The van der Waals surface area contributed by atoms with Gasteiger partial charge in [0.2, 0.25) is 5.91 Å². The van der Waals surface area contributed by atoms with Crippen molar-refractivity contribution in [1.29, 1.82) is 0 Å². The van der Waals surface area contributed by atoms with Gasteiger partial charge in [0.25, 0.3) is 0 Å². The van der Waals surface area contributed by atoms with Gasteiger partial charge in [0, 0.05) is 42.4 Å². The summed E-state index contributed by atoms with van der Waals surface area (Å²) in [6.07, 6.45) is 3.02. The normalized spacial score (nSPS) is 16.2. The number of carbonyl (C=O) groups excluding carboxylic acids is 2. The lowest BCUT2D eigenvalue weighted by molar-refractivity contribution is -0.133. The Kier molecular flexibility index (Phi) is 7.58. The number of nitrogens with zero attached hydrogens (tertiary/aromatic N) is 2. The summed E-state index contributed by atoms with van der Waals surface area (Å²) in [5, 5.41) is 3.80. The van der Waals surface area contributed by atoms with Gasteiger partial charge in [0.05, 0.1) is 12.3 Å². The minimum atomic E-state index is -0.558. The first-order chi connectivity index (χ1) is 19.0. The number of hydrogen-bond acceptors (Lipinski definition) is 4. The summed E-state index contributed by atoms with van der Waals surface area (Å²) in [7, 11) is 1.87. The smallest absolute Gasteiger partial charge is 0.410 e. The molecule has 1 saturated heterocycles. The van der Waals surface area contributed by atoms with Crippen molar-refractivity contribution in [3.8, 4) is 0 Å². The van der Waals surface area contributed by atoms with Gasteiger partial charge in [-0.1, -0.05) is 41.9 Å². The lowest BCUT2D eigenvalue weighted by Crippen LogP contribution is -2.48. The minimum absolute atomic E-state index is 0.0505. The van der Waals surface area contributed by atoms with Gasteiger partial charge in [-0.15, -0.1) is 0 Å². The quantitative estimate of drug-likeness (QED) is 0.247. The molecule has 6 nitrogen and oxygen atoms in total. The highest BCUT2D eigenvalue weighted by Gasteiger charge is 2.41. The average molecular weight is 561 g/mol. The van der Waals surface area contributed by atoms with Gasteiger partial charge in [-0.3, -0.25) is 4.79 Å².